The third-order valence-corrected chi connectivity index (χ3v) is 6.44. The van der Waals surface area contributed by atoms with E-state index in [1.165, 1.54) is 63.4 Å². The van der Waals surface area contributed by atoms with Gasteiger partial charge < -0.3 is 4.74 Å². The largest absolute Gasteiger partial charge is 0.459 e. The predicted molar refractivity (Wildman–Crippen MR) is 126 cm³/mol. The molecule has 1 aromatic heterocycles. The van der Waals surface area contributed by atoms with Gasteiger partial charge in [0.15, 0.2) is 5.82 Å². The van der Waals surface area contributed by atoms with Crippen molar-refractivity contribution < 1.29 is 9.53 Å². The Balaban J connectivity index is 1.47. The molecule has 1 aliphatic carbocycles. The summed E-state index contributed by atoms with van der Waals surface area (Å²) in [6, 6.07) is 7.47. The summed E-state index contributed by atoms with van der Waals surface area (Å²) in [5.74, 6) is 1.30. The smallest absolute Gasteiger partial charge is 0.338 e. The van der Waals surface area contributed by atoms with E-state index in [0.717, 1.165) is 30.7 Å². The summed E-state index contributed by atoms with van der Waals surface area (Å²) in [7, 11) is 0. The van der Waals surface area contributed by atoms with Crippen LogP contribution in [0.5, 0.6) is 0 Å². The van der Waals surface area contributed by atoms with Crippen LogP contribution in [0.3, 0.4) is 0 Å². The number of nitrogens with zero attached hydrogens (tertiary/aromatic N) is 2. The van der Waals surface area contributed by atoms with Crippen LogP contribution in [0.2, 0.25) is 0 Å². The normalized spacial score (nSPS) is 18.6. The van der Waals surface area contributed by atoms with Gasteiger partial charge in [-0.25, -0.2) is 14.8 Å². The van der Waals surface area contributed by atoms with Gasteiger partial charge in [-0.15, -0.1) is 0 Å². The number of hydrogen-bond donors (Lipinski definition) is 0. The van der Waals surface area contributed by atoms with E-state index in [1.807, 2.05) is 36.7 Å². The van der Waals surface area contributed by atoms with Crippen LogP contribution in [0, 0.1) is 5.92 Å². The number of carbonyl (C=O) groups is 1. The lowest BCUT2D eigenvalue weighted by atomic mass is 9.84. The van der Waals surface area contributed by atoms with Crippen LogP contribution in [-0.2, 0) is 11.2 Å². The van der Waals surface area contributed by atoms with Crippen LogP contribution in [-0.4, -0.2) is 22.0 Å². The Morgan fingerprint density at radius 1 is 0.903 bits per heavy atom. The Hall–Kier alpha value is -2.23. The molecule has 31 heavy (non-hydrogen) atoms. The van der Waals surface area contributed by atoms with E-state index in [1.54, 1.807) is 0 Å². The first-order valence-corrected chi connectivity index (χ1v) is 12.3. The molecule has 0 saturated heterocycles. The lowest BCUT2D eigenvalue weighted by Gasteiger charge is -2.28. The maximum absolute atomic E-state index is 12.6. The first-order chi connectivity index (χ1) is 15.2. The molecule has 0 spiro atoms. The van der Waals surface area contributed by atoms with Crippen molar-refractivity contribution in [2.45, 2.75) is 97.0 Å². The minimum atomic E-state index is -0.215. The summed E-state index contributed by atoms with van der Waals surface area (Å²) in [6.07, 6.45) is 18.2. The molecule has 0 atom stereocenters. The molecule has 1 aromatic carbocycles. The quantitative estimate of drug-likeness (QED) is 0.284. The number of aryl methyl sites for hydroxylation is 1. The van der Waals surface area contributed by atoms with Crippen LogP contribution in [0.15, 0.2) is 36.7 Å². The minimum Gasteiger partial charge on any atom is -0.459 e. The Bertz CT molecular complexity index is 778. The van der Waals surface area contributed by atoms with Crippen molar-refractivity contribution >= 4 is 5.97 Å². The fourth-order valence-electron chi connectivity index (χ4n) is 4.41. The van der Waals surface area contributed by atoms with Gasteiger partial charge in [0.05, 0.1) is 5.56 Å². The van der Waals surface area contributed by atoms with Crippen LogP contribution in [0.1, 0.15) is 100 Å². The van der Waals surface area contributed by atoms with E-state index in [9.17, 15) is 4.79 Å². The topological polar surface area (TPSA) is 52.1 Å². The summed E-state index contributed by atoms with van der Waals surface area (Å²) in [5.41, 5.74) is 2.70. The first-order valence-electron chi connectivity index (χ1n) is 12.3. The summed E-state index contributed by atoms with van der Waals surface area (Å²) in [5, 5.41) is 0. The number of hydrogen-bond acceptors (Lipinski definition) is 4. The molecule has 3 rings (SSSR count). The van der Waals surface area contributed by atoms with E-state index in [0.29, 0.717) is 11.4 Å². The molecule has 4 heteroatoms. The van der Waals surface area contributed by atoms with Gasteiger partial charge in [-0.1, -0.05) is 64.5 Å². The zero-order valence-corrected chi connectivity index (χ0v) is 19.3. The van der Waals surface area contributed by atoms with Crippen LogP contribution < -0.4 is 0 Å². The van der Waals surface area contributed by atoms with E-state index >= 15 is 0 Å². The monoisotopic (exact) mass is 422 g/mol. The minimum absolute atomic E-state index is 0.0678. The average Bonchev–Trinajstić information content (AvgIpc) is 2.81. The Labute approximate surface area is 187 Å². The van der Waals surface area contributed by atoms with Gasteiger partial charge in [0, 0.05) is 18.0 Å². The Morgan fingerprint density at radius 2 is 1.55 bits per heavy atom. The second-order valence-electron chi connectivity index (χ2n) is 8.99. The number of carbonyl (C=O) groups excluding carboxylic acids is 1. The number of unbranched alkanes of at least 4 members (excludes halogenated alkanes) is 4. The molecule has 1 fully saturated rings. The number of benzene rings is 1. The van der Waals surface area contributed by atoms with Crippen molar-refractivity contribution in [3.63, 3.8) is 0 Å². The molecule has 4 nitrogen and oxygen atoms in total. The molecule has 168 valence electrons. The molecular formula is C27H38N2O2. The molecule has 0 radical (unpaired) electrons. The summed E-state index contributed by atoms with van der Waals surface area (Å²) in [4.78, 5) is 21.6. The second kappa shape index (κ2) is 12.6. The van der Waals surface area contributed by atoms with E-state index in [4.69, 9.17) is 4.74 Å². The summed E-state index contributed by atoms with van der Waals surface area (Å²) < 4.78 is 5.79. The van der Waals surface area contributed by atoms with Gasteiger partial charge in [-0.2, -0.15) is 0 Å². The van der Waals surface area contributed by atoms with Crippen molar-refractivity contribution in [3.05, 3.63) is 47.8 Å². The molecule has 2 aromatic rings. The summed E-state index contributed by atoms with van der Waals surface area (Å²) in [6.45, 7) is 4.46. The highest BCUT2D eigenvalue weighted by molar-refractivity contribution is 5.90. The molecule has 1 heterocycles. The first kappa shape index (κ1) is 23.4. The fraction of sp³-hybridized carbons (Fsp3) is 0.593. The maximum Gasteiger partial charge on any atom is 0.338 e. The zero-order chi connectivity index (χ0) is 21.9. The molecule has 0 N–H and O–H groups in total. The van der Waals surface area contributed by atoms with Gasteiger partial charge in [0.1, 0.15) is 6.10 Å². The number of rotatable bonds is 11. The predicted octanol–water partition coefficient (Wildman–Crippen LogP) is 7.17. The molecule has 1 saturated carbocycles. The molecule has 0 amide bonds. The van der Waals surface area contributed by atoms with Gasteiger partial charge in [0.2, 0.25) is 0 Å². The van der Waals surface area contributed by atoms with E-state index in [2.05, 4.69) is 23.8 Å². The number of ether oxygens (including phenoxy) is 1. The van der Waals surface area contributed by atoms with Crippen LogP contribution in [0.4, 0.5) is 0 Å². The van der Waals surface area contributed by atoms with Crippen molar-refractivity contribution in [2.75, 3.05) is 0 Å². The number of esters is 1. The highest BCUT2D eigenvalue weighted by atomic mass is 16.5. The van der Waals surface area contributed by atoms with E-state index < -0.39 is 0 Å². The highest BCUT2D eigenvalue weighted by Gasteiger charge is 2.24. The van der Waals surface area contributed by atoms with Gasteiger partial charge >= 0.3 is 5.97 Å². The number of aromatic nitrogens is 2. The van der Waals surface area contributed by atoms with Gasteiger partial charge in [-0.05, 0) is 62.1 Å². The molecule has 0 unspecified atom stereocenters. The van der Waals surface area contributed by atoms with Crippen LogP contribution in [0.25, 0.3) is 11.4 Å². The summed E-state index contributed by atoms with van der Waals surface area (Å²) >= 11 is 0. The van der Waals surface area contributed by atoms with Gasteiger partial charge in [0.25, 0.3) is 0 Å². The highest BCUT2D eigenvalue weighted by Crippen LogP contribution is 2.30. The maximum atomic E-state index is 12.6. The lowest BCUT2D eigenvalue weighted by Crippen LogP contribution is -2.24. The molecular weight excluding hydrogens is 384 g/mol. The van der Waals surface area contributed by atoms with Gasteiger partial charge in [-0.3, -0.25) is 0 Å². The zero-order valence-electron chi connectivity index (χ0n) is 19.3. The van der Waals surface area contributed by atoms with Crippen LogP contribution >= 0.6 is 0 Å². The SMILES string of the molecule is CCCCCc1cnc(-c2ccc(C(=O)OC3CCC(CCCCC)CC3)cc2)nc1. The van der Waals surface area contributed by atoms with Crippen molar-refractivity contribution in [3.8, 4) is 11.4 Å². The third-order valence-electron chi connectivity index (χ3n) is 6.44. The van der Waals surface area contributed by atoms with Crippen molar-refractivity contribution in [1.29, 1.82) is 0 Å². The van der Waals surface area contributed by atoms with Crippen molar-refractivity contribution in [1.82, 2.24) is 9.97 Å². The third kappa shape index (κ3) is 7.45. The molecule has 0 bridgehead atoms. The lowest BCUT2D eigenvalue weighted by molar-refractivity contribution is 0.0161. The fourth-order valence-corrected chi connectivity index (χ4v) is 4.41. The Morgan fingerprint density at radius 3 is 2.19 bits per heavy atom. The second-order valence-corrected chi connectivity index (χ2v) is 8.99. The average molecular weight is 423 g/mol. The Kier molecular flexibility index (Phi) is 9.51. The molecule has 1 aliphatic rings. The van der Waals surface area contributed by atoms with E-state index in [-0.39, 0.29) is 12.1 Å². The standard InChI is InChI=1S/C27H38N2O2/c1-3-5-7-9-21-11-17-25(18-12-21)31-27(30)24-15-13-23(14-16-24)26-28-19-22(20-29-26)10-8-6-4-2/h13-16,19-21,25H,3-12,17-18H2,1-2H3. The van der Waals surface area contributed by atoms with Crippen molar-refractivity contribution in [2.24, 2.45) is 5.92 Å². The molecule has 0 aliphatic heterocycles.